The molecule has 0 radical (unpaired) electrons. The molecule has 11 heteroatoms. The van der Waals surface area contributed by atoms with Crippen LogP contribution in [-0.2, 0) is 27.7 Å². The molecule has 0 unspecified atom stereocenters. The number of hydrogen-bond donors (Lipinski definition) is 2. The largest absolute Gasteiger partial charge is 0.365 e. The Balaban J connectivity index is 1.42. The molecule has 7 nitrogen and oxygen atoms in total. The van der Waals surface area contributed by atoms with E-state index in [2.05, 4.69) is 5.32 Å². The first-order valence-electron chi connectivity index (χ1n) is 9.28. The number of rotatable bonds is 5. The Hall–Kier alpha value is -1.46. The van der Waals surface area contributed by atoms with E-state index in [0.29, 0.717) is 27.7 Å². The minimum atomic E-state index is -3.59. The molecule has 2 aliphatic rings. The first kappa shape index (κ1) is 20.8. The summed E-state index contributed by atoms with van der Waals surface area (Å²) >= 11 is 8.31. The van der Waals surface area contributed by atoms with Crippen LogP contribution in [0.1, 0.15) is 40.1 Å². The standard InChI is InChI=1S/C18H20ClN3O4S3/c19-13-4-5-14(28-13)29(25,26)22-8-6-10(7-9-22)17(24)21-18-15(16(20)23)11-2-1-3-12(11)27-18/h4-5,10H,1-3,6-9H2,(H2,20,23)(H,21,24). The molecule has 1 saturated heterocycles. The number of amides is 2. The van der Waals surface area contributed by atoms with Crippen LogP contribution < -0.4 is 11.1 Å². The van der Waals surface area contributed by atoms with E-state index < -0.39 is 15.9 Å². The van der Waals surface area contributed by atoms with Crippen LogP contribution in [0.5, 0.6) is 0 Å². The van der Waals surface area contributed by atoms with E-state index in [4.69, 9.17) is 17.3 Å². The molecule has 1 fully saturated rings. The maximum atomic E-state index is 12.8. The van der Waals surface area contributed by atoms with Gasteiger partial charge < -0.3 is 11.1 Å². The van der Waals surface area contributed by atoms with Crippen LogP contribution in [0.25, 0.3) is 0 Å². The molecule has 0 atom stereocenters. The number of aryl methyl sites for hydroxylation is 1. The number of primary amides is 1. The average Bonchev–Trinajstić information content (AvgIpc) is 3.37. The molecule has 3 N–H and O–H groups in total. The van der Waals surface area contributed by atoms with E-state index >= 15 is 0 Å². The number of nitrogens with zero attached hydrogens (tertiary/aromatic N) is 1. The zero-order chi connectivity index (χ0) is 20.8. The van der Waals surface area contributed by atoms with Gasteiger partial charge in [-0.1, -0.05) is 11.6 Å². The van der Waals surface area contributed by atoms with E-state index in [1.165, 1.54) is 21.7 Å². The lowest BCUT2D eigenvalue weighted by atomic mass is 9.97. The molecule has 4 rings (SSSR count). The van der Waals surface area contributed by atoms with Crippen LogP contribution in [-0.4, -0.2) is 37.6 Å². The first-order valence-corrected chi connectivity index (χ1v) is 12.7. The van der Waals surface area contributed by atoms with E-state index in [1.54, 1.807) is 6.07 Å². The fraction of sp³-hybridized carbons (Fsp3) is 0.444. The van der Waals surface area contributed by atoms with Gasteiger partial charge in [-0.25, -0.2) is 8.42 Å². The normalized spacial score (nSPS) is 18.0. The van der Waals surface area contributed by atoms with Crippen LogP contribution in [0.3, 0.4) is 0 Å². The van der Waals surface area contributed by atoms with Gasteiger partial charge in [0.1, 0.15) is 9.21 Å². The molecule has 0 spiro atoms. The van der Waals surface area contributed by atoms with Crippen molar-refractivity contribution >= 4 is 61.1 Å². The SMILES string of the molecule is NC(=O)c1c(NC(=O)C2CCN(S(=O)(=O)c3ccc(Cl)s3)CC2)sc2c1CCC2. The minimum Gasteiger partial charge on any atom is -0.365 e. The predicted octanol–water partition coefficient (Wildman–Crippen LogP) is 3.09. The number of nitrogens with two attached hydrogens (primary N) is 1. The highest BCUT2D eigenvalue weighted by atomic mass is 35.5. The average molecular weight is 474 g/mol. The monoisotopic (exact) mass is 473 g/mol. The third-order valence-electron chi connectivity index (χ3n) is 5.37. The number of fused-ring (bicyclic) bond motifs is 1. The van der Waals surface area contributed by atoms with Crippen molar-refractivity contribution in [3.05, 3.63) is 32.5 Å². The summed E-state index contributed by atoms with van der Waals surface area (Å²) in [6, 6.07) is 3.07. The summed E-state index contributed by atoms with van der Waals surface area (Å²) in [6.45, 7) is 0.527. The number of carbonyl (C=O) groups excluding carboxylic acids is 2. The molecule has 2 aromatic rings. The molecule has 2 aromatic heterocycles. The van der Waals surface area contributed by atoms with Crippen molar-refractivity contribution in [2.75, 3.05) is 18.4 Å². The second-order valence-electron chi connectivity index (χ2n) is 7.15. The summed E-state index contributed by atoms with van der Waals surface area (Å²) in [6.07, 6.45) is 3.54. The lowest BCUT2D eigenvalue weighted by Crippen LogP contribution is -2.41. The second-order valence-corrected chi connectivity index (χ2v) is 12.1. The van der Waals surface area contributed by atoms with Crippen molar-refractivity contribution in [2.24, 2.45) is 11.7 Å². The third-order valence-corrected chi connectivity index (χ3v) is 10.2. The van der Waals surface area contributed by atoms with Crippen LogP contribution in [0.4, 0.5) is 5.00 Å². The van der Waals surface area contributed by atoms with Gasteiger partial charge in [-0.2, -0.15) is 4.31 Å². The summed E-state index contributed by atoms with van der Waals surface area (Å²) < 4.78 is 27.4. The van der Waals surface area contributed by atoms with Crippen molar-refractivity contribution in [1.82, 2.24) is 4.31 Å². The predicted molar refractivity (Wildman–Crippen MR) is 114 cm³/mol. The summed E-state index contributed by atoms with van der Waals surface area (Å²) in [5.74, 6) is -1.02. The highest BCUT2D eigenvalue weighted by Gasteiger charge is 2.34. The topological polar surface area (TPSA) is 110 Å². The van der Waals surface area contributed by atoms with Gasteiger partial charge in [0.15, 0.2) is 0 Å². The Morgan fingerprint density at radius 3 is 2.52 bits per heavy atom. The number of anilines is 1. The molecule has 3 heterocycles. The maximum absolute atomic E-state index is 12.8. The Morgan fingerprint density at radius 1 is 1.17 bits per heavy atom. The molecule has 1 aliphatic carbocycles. The van der Waals surface area contributed by atoms with Gasteiger partial charge >= 0.3 is 0 Å². The molecular weight excluding hydrogens is 454 g/mol. The Labute approximate surface area is 181 Å². The number of nitrogens with one attached hydrogen (secondary N) is 1. The summed E-state index contributed by atoms with van der Waals surface area (Å²) in [4.78, 5) is 25.8. The fourth-order valence-electron chi connectivity index (χ4n) is 3.89. The maximum Gasteiger partial charge on any atom is 0.252 e. The van der Waals surface area contributed by atoms with Gasteiger partial charge in [0.25, 0.3) is 15.9 Å². The molecular formula is C18H20ClN3O4S3. The third kappa shape index (κ3) is 3.96. The van der Waals surface area contributed by atoms with Crippen molar-refractivity contribution in [2.45, 2.75) is 36.3 Å². The highest BCUT2D eigenvalue weighted by Crippen LogP contribution is 2.39. The molecule has 2 amide bonds. The van der Waals surface area contributed by atoms with Crippen LogP contribution in [0.15, 0.2) is 16.3 Å². The molecule has 156 valence electrons. The number of piperidine rings is 1. The Morgan fingerprint density at radius 2 is 1.90 bits per heavy atom. The number of thiophene rings is 2. The second kappa shape index (κ2) is 7.99. The molecule has 1 aliphatic heterocycles. The molecule has 0 saturated carbocycles. The quantitative estimate of drug-likeness (QED) is 0.695. The van der Waals surface area contributed by atoms with Gasteiger partial charge in [0.2, 0.25) is 5.91 Å². The number of halogens is 1. The lowest BCUT2D eigenvalue weighted by Gasteiger charge is -2.30. The van der Waals surface area contributed by atoms with Gasteiger partial charge in [-0.05, 0) is 49.8 Å². The van der Waals surface area contributed by atoms with Crippen LogP contribution in [0.2, 0.25) is 4.34 Å². The Kier molecular flexibility index (Phi) is 5.73. The van der Waals surface area contributed by atoms with E-state index in [1.807, 2.05) is 0 Å². The summed E-state index contributed by atoms with van der Waals surface area (Å²) in [5, 5.41) is 3.40. The van der Waals surface area contributed by atoms with Gasteiger partial charge in [0.05, 0.1) is 9.90 Å². The minimum absolute atomic E-state index is 0.191. The smallest absolute Gasteiger partial charge is 0.252 e. The first-order chi connectivity index (χ1) is 13.8. The number of hydrogen-bond acceptors (Lipinski definition) is 6. The Bertz CT molecular complexity index is 1070. The van der Waals surface area contributed by atoms with Crippen LogP contribution >= 0.6 is 34.3 Å². The molecule has 29 heavy (non-hydrogen) atoms. The van der Waals surface area contributed by atoms with Gasteiger partial charge in [0, 0.05) is 23.9 Å². The zero-order valence-corrected chi connectivity index (χ0v) is 18.6. The van der Waals surface area contributed by atoms with Crippen LogP contribution in [0, 0.1) is 5.92 Å². The van der Waals surface area contributed by atoms with E-state index in [9.17, 15) is 18.0 Å². The summed E-state index contributed by atoms with van der Waals surface area (Å²) in [5.41, 5.74) is 6.95. The van der Waals surface area contributed by atoms with E-state index in [-0.39, 0.29) is 29.1 Å². The molecule has 0 aromatic carbocycles. The molecule has 0 bridgehead atoms. The van der Waals surface area contributed by atoms with Crippen molar-refractivity contribution in [3.8, 4) is 0 Å². The number of sulfonamides is 1. The van der Waals surface area contributed by atoms with Gasteiger partial charge in [-0.15, -0.1) is 22.7 Å². The number of carbonyl (C=O) groups is 2. The van der Waals surface area contributed by atoms with Gasteiger partial charge in [-0.3, -0.25) is 9.59 Å². The zero-order valence-electron chi connectivity index (χ0n) is 15.4. The van der Waals surface area contributed by atoms with Crippen molar-refractivity contribution in [3.63, 3.8) is 0 Å². The van der Waals surface area contributed by atoms with Crippen molar-refractivity contribution < 1.29 is 18.0 Å². The fourth-order valence-corrected chi connectivity index (χ4v) is 8.29. The highest BCUT2D eigenvalue weighted by molar-refractivity contribution is 7.91. The lowest BCUT2D eigenvalue weighted by molar-refractivity contribution is -0.120. The van der Waals surface area contributed by atoms with Crippen molar-refractivity contribution in [1.29, 1.82) is 0 Å². The summed E-state index contributed by atoms with van der Waals surface area (Å²) in [7, 11) is -3.59. The van der Waals surface area contributed by atoms with E-state index in [0.717, 1.165) is 41.0 Å².